The van der Waals surface area contributed by atoms with Gasteiger partial charge in [-0.1, -0.05) is 25.4 Å². The zero-order chi connectivity index (χ0) is 14.9. The van der Waals surface area contributed by atoms with Gasteiger partial charge >= 0.3 is 5.97 Å². The minimum Gasteiger partial charge on any atom is -0.489 e. The molecule has 1 N–H and O–H groups in total. The van der Waals surface area contributed by atoms with Crippen LogP contribution >= 0.6 is 11.6 Å². The Morgan fingerprint density at radius 3 is 2.70 bits per heavy atom. The Morgan fingerprint density at radius 2 is 2.05 bits per heavy atom. The Balaban J connectivity index is 2.54. The van der Waals surface area contributed by atoms with E-state index in [-0.39, 0.29) is 6.42 Å². The lowest BCUT2D eigenvalue weighted by Gasteiger charge is -2.28. The molecular formula is C15H19ClO4. The van der Waals surface area contributed by atoms with Gasteiger partial charge in [0, 0.05) is 28.5 Å². The molecule has 0 bridgehead atoms. The number of ether oxygens (including phenoxy) is 2. The number of carboxylic acids is 1. The topological polar surface area (TPSA) is 55.8 Å². The Bertz CT molecular complexity index is 537. The van der Waals surface area contributed by atoms with E-state index < -0.39 is 11.4 Å². The van der Waals surface area contributed by atoms with Crippen molar-refractivity contribution in [3.8, 4) is 11.5 Å². The lowest BCUT2D eigenvalue weighted by molar-refractivity contribution is -0.138. The van der Waals surface area contributed by atoms with Gasteiger partial charge in [0.25, 0.3) is 0 Å². The van der Waals surface area contributed by atoms with Crippen molar-refractivity contribution in [3.05, 3.63) is 22.2 Å². The minimum atomic E-state index is -0.849. The Kier molecular flexibility index (Phi) is 4.14. The first-order valence-corrected chi connectivity index (χ1v) is 7.01. The van der Waals surface area contributed by atoms with E-state index in [1.807, 2.05) is 20.8 Å². The van der Waals surface area contributed by atoms with Crippen LogP contribution in [0.25, 0.3) is 0 Å². The fourth-order valence-electron chi connectivity index (χ4n) is 2.73. The van der Waals surface area contributed by atoms with Gasteiger partial charge in [-0.25, -0.2) is 0 Å². The van der Waals surface area contributed by atoms with E-state index in [1.54, 1.807) is 6.07 Å². The van der Waals surface area contributed by atoms with Crippen LogP contribution in [-0.4, -0.2) is 24.3 Å². The molecule has 0 unspecified atom stereocenters. The highest BCUT2D eigenvalue weighted by Gasteiger charge is 2.31. The highest BCUT2D eigenvalue weighted by molar-refractivity contribution is 6.31. The normalized spacial score (nSPS) is 14.8. The van der Waals surface area contributed by atoms with Gasteiger partial charge in [-0.3, -0.25) is 4.79 Å². The van der Waals surface area contributed by atoms with Crippen molar-refractivity contribution in [2.75, 3.05) is 13.2 Å². The smallest absolute Gasteiger partial charge is 0.304 e. The molecule has 0 spiro atoms. The van der Waals surface area contributed by atoms with Crippen LogP contribution in [0.1, 0.15) is 37.8 Å². The number of rotatable bonds is 3. The molecule has 1 aliphatic rings. The molecule has 2 rings (SSSR count). The first kappa shape index (κ1) is 15.0. The van der Waals surface area contributed by atoms with Crippen LogP contribution < -0.4 is 9.47 Å². The number of carbonyl (C=O) groups is 1. The molecule has 20 heavy (non-hydrogen) atoms. The van der Waals surface area contributed by atoms with Crippen LogP contribution in [0.4, 0.5) is 0 Å². The van der Waals surface area contributed by atoms with Gasteiger partial charge in [0.15, 0.2) is 11.5 Å². The zero-order valence-corrected chi connectivity index (χ0v) is 12.7. The number of carboxylic acid groups (broad SMARTS) is 1. The van der Waals surface area contributed by atoms with E-state index in [0.29, 0.717) is 29.7 Å². The summed E-state index contributed by atoms with van der Waals surface area (Å²) in [6.45, 7) is 6.84. The summed E-state index contributed by atoms with van der Waals surface area (Å²) in [5, 5.41) is 9.60. The number of hydrogen-bond donors (Lipinski definition) is 1. The Hall–Kier alpha value is -1.42. The summed E-state index contributed by atoms with van der Waals surface area (Å²) in [5.41, 5.74) is 1.10. The summed E-state index contributed by atoms with van der Waals surface area (Å²) in [6, 6.07) is 1.73. The molecule has 1 aromatic rings. The highest BCUT2D eigenvalue weighted by Crippen LogP contribution is 2.44. The molecule has 0 atom stereocenters. The molecule has 0 saturated heterocycles. The van der Waals surface area contributed by atoms with E-state index >= 15 is 0 Å². The second-order valence-electron chi connectivity index (χ2n) is 5.69. The second-order valence-corrected chi connectivity index (χ2v) is 6.10. The third-order valence-electron chi connectivity index (χ3n) is 3.50. The van der Waals surface area contributed by atoms with E-state index in [4.69, 9.17) is 26.2 Å². The summed E-state index contributed by atoms with van der Waals surface area (Å²) in [4.78, 5) is 11.1. The second kappa shape index (κ2) is 5.52. The van der Waals surface area contributed by atoms with Crippen molar-refractivity contribution >= 4 is 17.6 Å². The average molecular weight is 299 g/mol. The van der Waals surface area contributed by atoms with Gasteiger partial charge in [0.2, 0.25) is 0 Å². The Labute approximate surface area is 123 Å². The third kappa shape index (κ3) is 2.85. The van der Waals surface area contributed by atoms with Gasteiger partial charge in [0.1, 0.15) is 0 Å². The molecule has 0 radical (unpaired) electrons. The molecule has 5 heteroatoms. The molecule has 1 aromatic carbocycles. The van der Waals surface area contributed by atoms with Crippen molar-refractivity contribution in [2.45, 2.75) is 39.0 Å². The van der Waals surface area contributed by atoms with Gasteiger partial charge < -0.3 is 14.6 Å². The fourth-order valence-corrected chi connectivity index (χ4v) is 3.23. The fraction of sp³-hybridized carbons (Fsp3) is 0.533. The molecule has 4 nitrogen and oxygen atoms in total. The van der Waals surface area contributed by atoms with Gasteiger partial charge in [-0.2, -0.15) is 0 Å². The van der Waals surface area contributed by atoms with Crippen LogP contribution in [0, 0.1) is 6.92 Å². The molecule has 0 aliphatic carbocycles. The van der Waals surface area contributed by atoms with E-state index in [0.717, 1.165) is 17.5 Å². The zero-order valence-electron chi connectivity index (χ0n) is 12.0. The summed E-state index contributed by atoms with van der Waals surface area (Å²) in [5.74, 6) is 0.470. The van der Waals surface area contributed by atoms with Crippen LogP contribution in [-0.2, 0) is 10.2 Å². The maximum Gasteiger partial charge on any atom is 0.304 e. The molecule has 1 heterocycles. The first-order valence-electron chi connectivity index (χ1n) is 6.64. The predicted molar refractivity (Wildman–Crippen MR) is 77.1 cm³/mol. The first-order chi connectivity index (χ1) is 9.33. The monoisotopic (exact) mass is 298 g/mol. The largest absolute Gasteiger partial charge is 0.489 e. The van der Waals surface area contributed by atoms with Crippen LogP contribution in [0.3, 0.4) is 0 Å². The summed E-state index contributed by atoms with van der Waals surface area (Å²) in [7, 11) is 0. The van der Waals surface area contributed by atoms with Crippen LogP contribution in [0.2, 0.25) is 5.02 Å². The van der Waals surface area contributed by atoms with Crippen LogP contribution in [0.5, 0.6) is 11.5 Å². The van der Waals surface area contributed by atoms with Gasteiger partial charge in [-0.05, 0) is 12.5 Å². The number of hydrogen-bond acceptors (Lipinski definition) is 3. The molecule has 0 fully saturated rings. The molecule has 0 aromatic heterocycles. The highest BCUT2D eigenvalue weighted by atomic mass is 35.5. The lowest BCUT2D eigenvalue weighted by atomic mass is 9.79. The molecule has 1 aliphatic heterocycles. The van der Waals surface area contributed by atoms with Crippen molar-refractivity contribution in [1.82, 2.24) is 0 Å². The Morgan fingerprint density at radius 1 is 1.40 bits per heavy atom. The average Bonchev–Trinajstić information content (AvgIpc) is 2.51. The van der Waals surface area contributed by atoms with Crippen molar-refractivity contribution in [2.24, 2.45) is 0 Å². The minimum absolute atomic E-state index is 0.00715. The maximum atomic E-state index is 11.1. The van der Waals surface area contributed by atoms with E-state index in [9.17, 15) is 4.79 Å². The van der Waals surface area contributed by atoms with Crippen LogP contribution in [0.15, 0.2) is 6.07 Å². The van der Waals surface area contributed by atoms with E-state index in [2.05, 4.69) is 0 Å². The SMILES string of the molecule is Cc1c2c(cc(Cl)c1C(C)(C)CC(=O)O)OCCCO2. The molecule has 110 valence electrons. The number of aliphatic carboxylic acids is 1. The van der Waals surface area contributed by atoms with Gasteiger partial charge in [0.05, 0.1) is 19.6 Å². The van der Waals surface area contributed by atoms with Crippen molar-refractivity contribution < 1.29 is 19.4 Å². The summed E-state index contributed by atoms with van der Waals surface area (Å²) < 4.78 is 11.4. The molecular weight excluding hydrogens is 280 g/mol. The summed E-state index contributed by atoms with van der Waals surface area (Å²) in [6.07, 6.45) is 0.826. The number of halogens is 1. The number of benzene rings is 1. The van der Waals surface area contributed by atoms with E-state index in [1.165, 1.54) is 0 Å². The summed E-state index contributed by atoms with van der Waals surface area (Å²) >= 11 is 6.36. The lowest BCUT2D eigenvalue weighted by Crippen LogP contribution is -2.23. The number of fused-ring (bicyclic) bond motifs is 1. The molecule has 0 amide bonds. The quantitative estimate of drug-likeness (QED) is 0.927. The van der Waals surface area contributed by atoms with Crippen molar-refractivity contribution in [1.29, 1.82) is 0 Å². The predicted octanol–water partition coefficient (Wildman–Crippen LogP) is 3.56. The maximum absolute atomic E-state index is 11.1. The molecule has 0 saturated carbocycles. The van der Waals surface area contributed by atoms with Crippen molar-refractivity contribution in [3.63, 3.8) is 0 Å². The third-order valence-corrected chi connectivity index (χ3v) is 3.80. The standard InChI is InChI=1S/C15H19ClO4/c1-9-13(15(2,3)8-12(17)18)10(16)7-11-14(9)20-6-4-5-19-11/h7H,4-6,8H2,1-3H3,(H,17,18). The van der Waals surface area contributed by atoms with Gasteiger partial charge in [-0.15, -0.1) is 0 Å².